The summed E-state index contributed by atoms with van der Waals surface area (Å²) in [5, 5.41) is 0. The van der Waals surface area contributed by atoms with Crippen molar-refractivity contribution in [2.24, 2.45) is 5.41 Å². The van der Waals surface area contributed by atoms with E-state index in [4.69, 9.17) is 4.43 Å². The zero-order valence-electron chi connectivity index (χ0n) is 9.05. The van der Waals surface area contributed by atoms with Gasteiger partial charge >= 0.3 is 0 Å². The molecule has 0 fully saturated rings. The topological polar surface area (TPSA) is 9.23 Å². The molecular weight excluding hydrogens is 164 g/mol. The number of allylic oxidation sites excluding steroid dienone is 2. The molecule has 0 aromatic carbocycles. The van der Waals surface area contributed by atoms with Crippen LogP contribution >= 0.6 is 0 Å². The Morgan fingerprint density at radius 2 is 1.92 bits per heavy atom. The summed E-state index contributed by atoms with van der Waals surface area (Å²) in [4.78, 5) is 0. The molecule has 0 radical (unpaired) electrons. The van der Waals surface area contributed by atoms with Gasteiger partial charge in [0.1, 0.15) is 0 Å². The first-order valence-corrected chi connectivity index (χ1v) is 6.29. The van der Waals surface area contributed by atoms with Gasteiger partial charge in [0.05, 0.1) is 0 Å². The first-order chi connectivity index (χ1) is 5.42. The molecule has 0 aliphatic rings. The Bertz CT molecular complexity index is 133. The molecular formula is C10H22OSi. The van der Waals surface area contributed by atoms with E-state index in [1.165, 1.54) is 0 Å². The Morgan fingerprint density at radius 1 is 1.33 bits per heavy atom. The molecule has 72 valence electrons. The fourth-order valence-corrected chi connectivity index (χ4v) is 1.72. The molecule has 0 bridgehead atoms. The smallest absolute Gasteiger partial charge is 0.165 e. The van der Waals surface area contributed by atoms with Gasteiger partial charge in [-0.25, -0.2) is 0 Å². The number of rotatable bonds is 4. The van der Waals surface area contributed by atoms with Crippen LogP contribution < -0.4 is 0 Å². The molecule has 0 saturated carbocycles. The number of hydrogen-bond acceptors (Lipinski definition) is 1. The van der Waals surface area contributed by atoms with Crippen LogP contribution in [0.2, 0.25) is 6.04 Å². The third-order valence-electron chi connectivity index (χ3n) is 1.35. The molecule has 0 aliphatic carbocycles. The van der Waals surface area contributed by atoms with Gasteiger partial charge in [0.2, 0.25) is 0 Å². The normalized spacial score (nSPS) is 14.2. The van der Waals surface area contributed by atoms with Crippen LogP contribution in [0.25, 0.3) is 0 Å². The Morgan fingerprint density at radius 3 is 2.33 bits per heavy atom. The van der Waals surface area contributed by atoms with Crippen LogP contribution in [0.15, 0.2) is 12.2 Å². The summed E-state index contributed by atoms with van der Waals surface area (Å²) >= 11 is 0. The number of hydrogen-bond donors (Lipinski definition) is 0. The van der Waals surface area contributed by atoms with E-state index in [1.807, 2.05) is 0 Å². The first-order valence-electron chi connectivity index (χ1n) is 4.71. The average Bonchev–Trinajstić information content (AvgIpc) is 1.83. The lowest BCUT2D eigenvalue weighted by atomic mass is 9.97. The van der Waals surface area contributed by atoms with Gasteiger partial charge in [-0.15, -0.1) is 0 Å². The predicted molar refractivity (Wildman–Crippen MR) is 58.2 cm³/mol. The largest absolute Gasteiger partial charge is 0.421 e. The summed E-state index contributed by atoms with van der Waals surface area (Å²) in [6, 6.07) is 1.16. The zero-order valence-corrected chi connectivity index (χ0v) is 10.5. The second-order valence-electron chi connectivity index (χ2n) is 4.48. The first kappa shape index (κ1) is 11.9. The van der Waals surface area contributed by atoms with Crippen molar-refractivity contribution in [3.63, 3.8) is 0 Å². The molecule has 0 saturated heterocycles. The fourth-order valence-electron chi connectivity index (χ4n) is 0.809. The third-order valence-corrected chi connectivity index (χ3v) is 2.82. The average molecular weight is 186 g/mol. The summed E-state index contributed by atoms with van der Waals surface area (Å²) < 4.78 is 5.54. The molecule has 0 heterocycles. The lowest BCUT2D eigenvalue weighted by Crippen LogP contribution is -2.06. The van der Waals surface area contributed by atoms with Crippen LogP contribution in [0.5, 0.6) is 0 Å². The Kier molecular flexibility index (Phi) is 5.50. The van der Waals surface area contributed by atoms with Crippen molar-refractivity contribution in [2.75, 3.05) is 0 Å². The molecule has 0 aromatic rings. The highest BCUT2D eigenvalue weighted by Gasteiger charge is 2.02. The van der Waals surface area contributed by atoms with E-state index < -0.39 is 0 Å². The minimum absolute atomic E-state index is 0.292. The van der Waals surface area contributed by atoms with Crippen molar-refractivity contribution in [3.8, 4) is 0 Å². The van der Waals surface area contributed by atoms with Crippen LogP contribution in [-0.2, 0) is 4.43 Å². The highest BCUT2D eigenvalue weighted by molar-refractivity contribution is 6.27. The van der Waals surface area contributed by atoms with Crippen molar-refractivity contribution in [1.82, 2.24) is 0 Å². The molecule has 0 atom stereocenters. The van der Waals surface area contributed by atoms with E-state index in [9.17, 15) is 0 Å². The second-order valence-corrected chi connectivity index (χ2v) is 5.80. The van der Waals surface area contributed by atoms with Crippen molar-refractivity contribution in [2.45, 2.75) is 46.8 Å². The van der Waals surface area contributed by atoms with Crippen LogP contribution in [0.1, 0.15) is 34.6 Å². The molecule has 1 nitrogen and oxygen atoms in total. The molecule has 0 aliphatic heterocycles. The molecule has 12 heavy (non-hydrogen) atoms. The van der Waals surface area contributed by atoms with Gasteiger partial charge in [0, 0.05) is 6.10 Å². The van der Waals surface area contributed by atoms with Crippen molar-refractivity contribution in [1.29, 1.82) is 0 Å². The molecule has 0 spiro atoms. The van der Waals surface area contributed by atoms with Gasteiger partial charge in [0.15, 0.2) is 9.76 Å². The zero-order chi connectivity index (χ0) is 9.61. The van der Waals surface area contributed by atoms with E-state index in [1.54, 1.807) is 0 Å². The molecule has 0 aromatic heterocycles. The van der Waals surface area contributed by atoms with Crippen LogP contribution in [0.3, 0.4) is 0 Å². The van der Waals surface area contributed by atoms with E-state index in [0.29, 0.717) is 11.5 Å². The summed E-state index contributed by atoms with van der Waals surface area (Å²) in [6.45, 7) is 10.8. The fraction of sp³-hybridized carbons (Fsp3) is 0.800. The van der Waals surface area contributed by atoms with E-state index >= 15 is 0 Å². The van der Waals surface area contributed by atoms with Crippen molar-refractivity contribution < 1.29 is 4.43 Å². The third kappa shape index (κ3) is 9.92. The lowest BCUT2D eigenvalue weighted by molar-refractivity contribution is 0.256. The van der Waals surface area contributed by atoms with Crippen LogP contribution in [0, 0.1) is 5.41 Å². The quantitative estimate of drug-likeness (QED) is 0.372. The minimum atomic E-state index is -0.292. The highest BCUT2D eigenvalue weighted by atomic mass is 28.2. The van der Waals surface area contributed by atoms with Gasteiger partial charge in [-0.2, -0.15) is 0 Å². The lowest BCUT2D eigenvalue weighted by Gasteiger charge is -2.11. The van der Waals surface area contributed by atoms with Crippen molar-refractivity contribution >= 4 is 9.76 Å². The monoisotopic (exact) mass is 186 g/mol. The minimum Gasteiger partial charge on any atom is -0.421 e. The highest BCUT2D eigenvalue weighted by Crippen LogP contribution is 2.14. The van der Waals surface area contributed by atoms with Gasteiger partial charge in [0.25, 0.3) is 0 Å². The van der Waals surface area contributed by atoms with E-state index in [0.717, 1.165) is 6.04 Å². The molecule has 0 amide bonds. The SMILES string of the molecule is CC(C)O[SiH2]CC=CC(C)(C)C. The van der Waals surface area contributed by atoms with E-state index in [2.05, 4.69) is 46.8 Å². The van der Waals surface area contributed by atoms with Gasteiger partial charge in [-0.3, -0.25) is 0 Å². The summed E-state index contributed by atoms with van der Waals surface area (Å²) in [5.74, 6) is 0. The molecule has 0 rings (SSSR count). The standard InChI is InChI=1S/C10H22OSi/c1-9(2)11-12-8-6-7-10(3,4)5/h6-7,9H,8,12H2,1-5H3. The summed E-state index contributed by atoms with van der Waals surface area (Å²) in [5.41, 5.74) is 0.326. The maximum absolute atomic E-state index is 5.54. The Labute approximate surface area is 79.1 Å². The maximum atomic E-state index is 5.54. The van der Waals surface area contributed by atoms with E-state index in [-0.39, 0.29) is 9.76 Å². The van der Waals surface area contributed by atoms with Crippen LogP contribution in [0.4, 0.5) is 0 Å². The predicted octanol–water partition coefficient (Wildman–Crippen LogP) is 2.52. The van der Waals surface area contributed by atoms with Gasteiger partial charge in [-0.1, -0.05) is 32.9 Å². The van der Waals surface area contributed by atoms with Gasteiger partial charge < -0.3 is 4.43 Å². The Balaban J connectivity index is 3.37. The summed E-state index contributed by atoms with van der Waals surface area (Å²) in [7, 11) is -0.292. The van der Waals surface area contributed by atoms with Crippen molar-refractivity contribution in [3.05, 3.63) is 12.2 Å². The summed E-state index contributed by atoms with van der Waals surface area (Å²) in [6.07, 6.45) is 4.94. The van der Waals surface area contributed by atoms with Crippen LogP contribution in [-0.4, -0.2) is 15.9 Å². The second kappa shape index (κ2) is 5.54. The molecule has 0 unspecified atom stereocenters. The maximum Gasteiger partial charge on any atom is 0.165 e. The van der Waals surface area contributed by atoms with Gasteiger partial charge in [-0.05, 0) is 25.3 Å². The Hall–Kier alpha value is -0.0831. The molecule has 2 heteroatoms. The molecule has 0 N–H and O–H groups in total.